The summed E-state index contributed by atoms with van der Waals surface area (Å²) >= 11 is 1.66. The molecule has 2 N–H and O–H groups in total. The smallest absolute Gasteiger partial charge is 0.275 e. The maximum Gasteiger partial charge on any atom is 0.275 e. The van der Waals surface area contributed by atoms with Crippen molar-refractivity contribution in [1.82, 2.24) is 0 Å². The monoisotopic (exact) mass is 314 g/mol. The number of nitrogens with zero attached hydrogens (tertiary/aromatic N) is 1. The Bertz CT molecular complexity index is 770. The van der Waals surface area contributed by atoms with Crippen molar-refractivity contribution in [3.05, 3.63) is 62.4 Å². The van der Waals surface area contributed by atoms with E-state index in [-0.39, 0.29) is 34.2 Å². The molecule has 112 valence electrons. The van der Waals surface area contributed by atoms with Crippen LogP contribution in [0.2, 0.25) is 0 Å². The van der Waals surface area contributed by atoms with Crippen molar-refractivity contribution in [1.29, 1.82) is 0 Å². The lowest BCUT2D eigenvalue weighted by atomic mass is 9.78. The van der Waals surface area contributed by atoms with Gasteiger partial charge in [-0.3, -0.25) is 10.1 Å². The first kappa shape index (κ1) is 13.3. The lowest BCUT2D eigenvalue weighted by Gasteiger charge is -2.36. The third-order valence-corrected chi connectivity index (χ3v) is 5.48. The number of hydrogen-bond donors (Lipinski definition) is 2. The molecule has 2 aliphatic rings. The Labute approximate surface area is 131 Å². The SMILES string of the molecule is O=[N+]([O-])c1ccc(O)c2c1C1C=CCC1C(c1cccs1)N2. The van der Waals surface area contributed by atoms with Crippen molar-refractivity contribution in [2.24, 2.45) is 5.92 Å². The normalized spacial score (nSPS) is 25.4. The van der Waals surface area contributed by atoms with Crippen molar-refractivity contribution >= 4 is 22.7 Å². The summed E-state index contributed by atoms with van der Waals surface area (Å²) in [6.07, 6.45) is 5.00. The minimum absolute atomic E-state index is 0.0316. The quantitative estimate of drug-likeness (QED) is 0.377. The zero-order valence-corrected chi connectivity index (χ0v) is 12.4. The van der Waals surface area contributed by atoms with Crippen LogP contribution in [0.3, 0.4) is 0 Å². The van der Waals surface area contributed by atoms with Gasteiger partial charge in [0.05, 0.1) is 22.2 Å². The molecule has 1 aromatic carbocycles. The highest BCUT2D eigenvalue weighted by Gasteiger charge is 2.42. The van der Waals surface area contributed by atoms with Gasteiger partial charge in [0.15, 0.2) is 0 Å². The van der Waals surface area contributed by atoms with Gasteiger partial charge in [0.25, 0.3) is 5.69 Å². The van der Waals surface area contributed by atoms with Crippen LogP contribution in [0, 0.1) is 16.0 Å². The number of hydrogen-bond acceptors (Lipinski definition) is 5. The van der Waals surface area contributed by atoms with E-state index >= 15 is 0 Å². The van der Waals surface area contributed by atoms with Gasteiger partial charge in [0.1, 0.15) is 5.75 Å². The van der Waals surface area contributed by atoms with Gasteiger partial charge in [-0.1, -0.05) is 18.2 Å². The highest BCUT2D eigenvalue weighted by molar-refractivity contribution is 7.10. The highest BCUT2D eigenvalue weighted by Crippen LogP contribution is 2.55. The molecule has 3 unspecified atom stereocenters. The first-order valence-electron chi connectivity index (χ1n) is 7.13. The molecule has 22 heavy (non-hydrogen) atoms. The topological polar surface area (TPSA) is 75.4 Å². The van der Waals surface area contributed by atoms with Crippen LogP contribution in [0.5, 0.6) is 5.75 Å². The Morgan fingerprint density at radius 1 is 1.36 bits per heavy atom. The number of anilines is 1. The molecule has 6 heteroatoms. The average Bonchev–Trinajstić information content (AvgIpc) is 3.18. The second-order valence-corrected chi connectivity index (χ2v) is 6.62. The fourth-order valence-electron chi connectivity index (χ4n) is 3.58. The van der Waals surface area contributed by atoms with E-state index in [1.807, 2.05) is 17.5 Å². The summed E-state index contributed by atoms with van der Waals surface area (Å²) < 4.78 is 0. The Balaban J connectivity index is 1.90. The number of thiophene rings is 1. The van der Waals surface area contributed by atoms with Crippen LogP contribution < -0.4 is 5.32 Å². The largest absolute Gasteiger partial charge is 0.506 e. The molecule has 1 aliphatic carbocycles. The van der Waals surface area contributed by atoms with E-state index in [0.717, 1.165) is 6.42 Å². The van der Waals surface area contributed by atoms with Crippen molar-refractivity contribution < 1.29 is 10.0 Å². The molecule has 2 heterocycles. The number of allylic oxidation sites excluding steroid dienone is 2. The molecule has 1 aliphatic heterocycles. The predicted molar refractivity (Wildman–Crippen MR) is 85.4 cm³/mol. The molecule has 2 aromatic rings. The number of nitrogens with one attached hydrogen (secondary N) is 1. The number of nitro benzene ring substituents is 1. The van der Waals surface area contributed by atoms with Crippen LogP contribution in [0.15, 0.2) is 41.8 Å². The van der Waals surface area contributed by atoms with Gasteiger partial charge < -0.3 is 10.4 Å². The van der Waals surface area contributed by atoms with Gasteiger partial charge in [0, 0.05) is 16.9 Å². The highest BCUT2D eigenvalue weighted by atomic mass is 32.1. The third kappa shape index (κ3) is 1.84. The molecular weight excluding hydrogens is 300 g/mol. The van der Waals surface area contributed by atoms with Gasteiger partial charge >= 0.3 is 0 Å². The van der Waals surface area contributed by atoms with E-state index in [1.54, 1.807) is 11.3 Å². The van der Waals surface area contributed by atoms with Crippen molar-refractivity contribution in [2.75, 3.05) is 5.32 Å². The van der Waals surface area contributed by atoms with Crippen LogP contribution in [-0.2, 0) is 0 Å². The molecule has 5 nitrogen and oxygen atoms in total. The Morgan fingerprint density at radius 3 is 2.95 bits per heavy atom. The van der Waals surface area contributed by atoms with Gasteiger partial charge in [-0.2, -0.15) is 0 Å². The van der Waals surface area contributed by atoms with Crippen LogP contribution in [0.25, 0.3) is 0 Å². The fourth-order valence-corrected chi connectivity index (χ4v) is 4.44. The Kier molecular flexibility index (Phi) is 2.94. The van der Waals surface area contributed by atoms with Crippen molar-refractivity contribution in [3.8, 4) is 5.75 Å². The molecule has 0 saturated carbocycles. The summed E-state index contributed by atoms with van der Waals surface area (Å²) in [5.74, 6) is 0.281. The van der Waals surface area contributed by atoms with E-state index in [2.05, 4.69) is 17.5 Å². The predicted octanol–water partition coefficient (Wildman–Crippen LogP) is 4.19. The van der Waals surface area contributed by atoms with Gasteiger partial charge in [-0.15, -0.1) is 11.3 Å². The molecule has 0 fully saturated rings. The fraction of sp³-hybridized carbons (Fsp3) is 0.250. The Hall–Kier alpha value is -2.34. The lowest BCUT2D eigenvalue weighted by molar-refractivity contribution is -0.385. The number of aromatic hydroxyl groups is 1. The van der Waals surface area contributed by atoms with Gasteiger partial charge in [0.2, 0.25) is 0 Å². The van der Waals surface area contributed by atoms with E-state index in [4.69, 9.17) is 0 Å². The minimum atomic E-state index is -0.366. The van der Waals surface area contributed by atoms with E-state index < -0.39 is 0 Å². The number of rotatable bonds is 2. The number of benzene rings is 1. The number of phenolic OH excluding ortho intramolecular Hbond substituents is 1. The van der Waals surface area contributed by atoms with Crippen LogP contribution >= 0.6 is 11.3 Å². The van der Waals surface area contributed by atoms with E-state index in [1.165, 1.54) is 17.0 Å². The zero-order valence-electron chi connectivity index (χ0n) is 11.6. The lowest BCUT2D eigenvalue weighted by Crippen LogP contribution is -2.29. The molecular formula is C16H14N2O3S. The van der Waals surface area contributed by atoms with Crippen LogP contribution in [0.1, 0.15) is 28.8 Å². The zero-order chi connectivity index (χ0) is 15.3. The first-order valence-corrected chi connectivity index (χ1v) is 8.01. The second kappa shape index (κ2) is 4.84. The molecule has 0 amide bonds. The molecule has 0 bridgehead atoms. The average molecular weight is 314 g/mol. The van der Waals surface area contributed by atoms with Gasteiger partial charge in [-0.05, 0) is 29.9 Å². The minimum Gasteiger partial charge on any atom is -0.506 e. The van der Waals surface area contributed by atoms with E-state index in [0.29, 0.717) is 11.3 Å². The second-order valence-electron chi connectivity index (χ2n) is 5.64. The van der Waals surface area contributed by atoms with Crippen LogP contribution in [-0.4, -0.2) is 10.0 Å². The summed E-state index contributed by atoms with van der Waals surface area (Å²) in [4.78, 5) is 12.2. The Morgan fingerprint density at radius 2 is 2.23 bits per heavy atom. The maximum absolute atomic E-state index is 11.4. The van der Waals surface area contributed by atoms with Crippen molar-refractivity contribution in [2.45, 2.75) is 18.4 Å². The number of phenols is 1. The van der Waals surface area contributed by atoms with Crippen LogP contribution in [0.4, 0.5) is 11.4 Å². The number of fused-ring (bicyclic) bond motifs is 3. The third-order valence-electron chi connectivity index (χ3n) is 4.52. The number of nitro groups is 1. The summed E-state index contributed by atoms with van der Waals surface area (Å²) in [6.45, 7) is 0. The van der Waals surface area contributed by atoms with Gasteiger partial charge in [-0.25, -0.2) is 0 Å². The van der Waals surface area contributed by atoms with Crippen molar-refractivity contribution in [3.63, 3.8) is 0 Å². The molecule has 0 spiro atoms. The summed E-state index contributed by atoms with van der Waals surface area (Å²) in [6, 6.07) is 6.93. The molecule has 0 radical (unpaired) electrons. The summed E-state index contributed by atoms with van der Waals surface area (Å²) in [7, 11) is 0. The molecule has 3 atom stereocenters. The summed E-state index contributed by atoms with van der Waals surface area (Å²) in [5.41, 5.74) is 1.18. The first-order chi connectivity index (χ1) is 10.7. The molecule has 1 aromatic heterocycles. The molecule has 0 saturated heterocycles. The maximum atomic E-state index is 11.4. The standard InChI is InChI=1S/C16H14N2O3S/c19-12-7-6-11(18(20)21)14-9-3-1-4-10(9)15(17-16(12)14)13-5-2-8-22-13/h1-3,5-10,15,17,19H,4H2. The van der Waals surface area contributed by atoms with E-state index in [9.17, 15) is 15.2 Å². The molecule has 4 rings (SSSR count). The summed E-state index contributed by atoms with van der Waals surface area (Å²) in [5, 5.41) is 26.9.